The summed E-state index contributed by atoms with van der Waals surface area (Å²) in [6, 6.07) is 7.09. The fourth-order valence-electron chi connectivity index (χ4n) is 2.90. The number of aromatic nitrogens is 4. The summed E-state index contributed by atoms with van der Waals surface area (Å²) in [4.78, 5) is 21.5. The van der Waals surface area contributed by atoms with Gasteiger partial charge >= 0.3 is 0 Å². The lowest BCUT2D eigenvalue weighted by atomic mass is 10.2. The number of anilines is 1. The molecule has 0 fully saturated rings. The van der Waals surface area contributed by atoms with E-state index in [1.807, 2.05) is 0 Å². The monoisotopic (exact) mass is 458 g/mol. The minimum absolute atomic E-state index is 0.0606. The summed E-state index contributed by atoms with van der Waals surface area (Å²) < 4.78 is 12.4. The average molecular weight is 459 g/mol. The van der Waals surface area contributed by atoms with Crippen LogP contribution >= 0.6 is 11.8 Å². The van der Waals surface area contributed by atoms with E-state index in [2.05, 4.69) is 46.5 Å². The van der Waals surface area contributed by atoms with Crippen molar-refractivity contribution in [3.63, 3.8) is 0 Å². The maximum atomic E-state index is 12.1. The van der Waals surface area contributed by atoms with Crippen LogP contribution in [0.5, 0.6) is 11.5 Å². The third-order valence-electron chi connectivity index (χ3n) is 4.50. The first-order valence-electron chi connectivity index (χ1n) is 10.6. The molecule has 0 spiro atoms. The van der Waals surface area contributed by atoms with Crippen molar-refractivity contribution in [1.29, 1.82) is 0 Å². The maximum Gasteiger partial charge on any atom is 0.258 e. The van der Waals surface area contributed by atoms with Crippen molar-refractivity contribution in [3.8, 4) is 11.5 Å². The largest absolute Gasteiger partial charge is 0.497 e. The van der Waals surface area contributed by atoms with Crippen LogP contribution in [0.4, 0.5) is 5.82 Å². The zero-order valence-electron chi connectivity index (χ0n) is 18.9. The predicted molar refractivity (Wildman–Crippen MR) is 127 cm³/mol. The van der Waals surface area contributed by atoms with Crippen molar-refractivity contribution in [1.82, 2.24) is 25.1 Å². The Morgan fingerprint density at radius 1 is 1.19 bits per heavy atom. The van der Waals surface area contributed by atoms with Gasteiger partial charge in [0.25, 0.3) is 5.91 Å². The van der Waals surface area contributed by atoms with Crippen LogP contribution in [-0.4, -0.2) is 58.2 Å². The molecule has 1 aromatic carbocycles. The number of benzene rings is 1. The number of methoxy groups -OCH3 is 1. The third kappa shape index (κ3) is 6.49. The molecule has 0 atom stereocenters. The molecule has 1 amide bonds. The first-order chi connectivity index (χ1) is 15.5. The Hall–Kier alpha value is -3.01. The highest BCUT2D eigenvalue weighted by atomic mass is 32.2. The van der Waals surface area contributed by atoms with Gasteiger partial charge < -0.3 is 20.1 Å². The molecule has 2 aromatic heterocycles. The molecule has 32 heavy (non-hydrogen) atoms. The van der Waals surface area contributed by atoms with E-state index in [4.69, 9.17) is 9.47 Å². The number of fused-ring (bicyclic) bond motifs is 1. The summed E-state index contributed by atoms with van der Waals surface area (Å²) >= 11 is 1.59. The summed E-state index contributed by atoms with van der Waals surface area (Å²) in [5.74, 6) is 3.32. The number of hydrogen-bond acceptors (Lipinski definition) is 8. The van der Waals surface area contributed by atoms with E-state index in [-0.39, 0.29) is 12.5 Å². The van der Waals surface area contributed by atoms with Gasteiger partial charge in [-0.25, -0.2) is 14.6 Å². The van der Waals surface area contributed by atoms with Crippen LogP contribution in [-0.2, 0) is 11.3 Å². The highest BCUT2D eigenvalue weighted by molar-refractivity contribution is 7.99. The summed E-state index contributed by atoms with van der Waals surface area (Å²) in [5, 5.41) is 12.3. The summed E-state index contributed by atoms with van der Waals surface area (Å²) in [6.45, 7) is 8.04. The molecular formula is C22H30N6O3S. The summed E-state index contributed by atoms with van der Waals surface area (Å²) in [6.07, 6.45) is 1.77. The fraction of sp³-hybridized carbons (Fsp3) is 0.455. The van der Waals surface area contributed by atoms with Gasteiger partial charge in [0.15, 0.2) is 17.4 Å². The van der Waals surface area contributed by atoms with Crippen LogP contribution in [0.2, 0.25) is 0 Å². The van der Waals surface area contributed by atoms with Crippen LogP contribution in [0.15, 0.2) is 35.6 Å². The minimum Gasteiger partial charge on any atom is -0.497 e. The van der Waals surface area contributed by atoms with Crippen LogP contribution < -0.4 is 20.1 Å². The first-order valence-corrected chi connectivity index (χ1v) is 11.6. The smallest absolute Gasteiger partial charge is 0.258 e. The Morgan fingerprint density at radius 3 is 2.62 bits per heavy atom. The van der Waals surface area contributed by atoms with E-state index in [1.165, 1.54) is 0 Å². The molecule has 0 saturated carbocycles. The van der Waals surface area contributed by atoms with Crippen molar-refractivity contribution in [3.05, 3.63) is 30.5 Å². The predicted octanol–water partition coefficient (Wildman–Crippen LogP) is 3.21. The molecule has 0 aliphatic rings. The normalized spacial score (nSPS) is 11.0. The van der Waals surface area contributed by atoms with Gasteiger partial charge in [0, 0.05) is 13.1 Å². The van der Waals surface area contributed by atoms with E-state index in [9.17, 15) is 4.79 Å². The Bertz CT molecular complexity index is 1020. The third-order valence-corrected chi connectivity index (χ3v) is 5.23. The second-order valence-electron chi connectivity index (χ2n) is 7.48. The van der Waals surface area contributed by atoms with Crippen LogP contribution in [0.25, 0.3) is 11.0 Å². The van der Waals surface area contributed by atoms with E-state index in [0.29, 0.717) is 29.9 Å². The number of nitrogens with zero attached hydrogens (tertiary/aromatic N) is 4. The molecule has 0 saturated heterocycles. The summed E-state index contributed by atoms with van der Waals surface area (Å²) in [7, 11) is 1.60. The van der Waals surface area contributed by atoms with Gasteiger partial charge in [-0.05, 0) is 35.9 Å². The number of carbonyl (C=O) groups excluding carboxylic acids is 1. The standard InChI is InChI=1S/C22H30N6O3S/c1-5-32-22-26-20(24-12-15(2)3)18-13-25-28(21(18)27-22)11-10-23-19(29)14-31-17-8-6-16(30-4)7-9-17/h6-9,13,15H,5,10-12,14H2,1-4H3,(H,23,29)(H,24,26,27). The highest BCUT2D eigenvalue weighted by Crippen LogP contribution is 2.24. The number of rotatable bonds is 12. The van der Waals surface area contributed by atoms with Crippen LogP contribution in [0, 0.1) is 5.92 Å². The van der Waals surface area contributed by atoms with E-state index >= 15 is 0 Å². The van der Waals surface area contributed by atoms with Crippen molar-refractivity contribution in [2.45, 2.75) is 32.5 Å². The second kappa shape index (κ2) is 11.6. The maximum absolute atomic E-state index is 12.1. The fourth-order valence-corrected chi connectivity index (χ4v) is 3.47. The van der Waals surface area contributed by atoms with Crippen LogP contribution in [0.3, 0.4) is 0 Å². The van der Waals surface area contributed by atoms with Crippen LogP contribution in [0.1, 0.15) is 20.8 Å². The SMILES string of the molecule is CCSc1nc(NCC(C)C)c2cnn(CCNC(=O)COc3ccc(OC)cc3)c2n1. The molecule has 0 aliphatic carbocycles. The molecule has 2 N–H and O–H groups in total. The van der Waals surface area contributed by atoms with Crippen molar-refractivity contribution in [2.75, 3.05) is 37.9 Å². The van der Waals surface area contributed by atoms with Gasteiger partial charge in [-0.1, -0.05) is 32.5 Å². The molecule has 2 heterocycles. The van der Waals surface area contributed by atoms with Crippen molar-refractivity contribution < 1.29 is 14.3 Å². The zero-order chi connectivity index (χ0) is 22.9. The van der Waals surface area contributed by atoms with Gasteiger partial charge in [0.1, 0.15) is 17.3 Å². The number of carbonyl (C=O) groups is 1. The number of ether oxygens (including phenoxy) is 2. The highest BCUT2D eigenvalue weighted by Gasteiger charge is 2.14. The Balaban J connectivity index is 1.58. The Labute approximate surface area is 192 Å². The molecule has 0 unspecified atom stereocenters. The van der Waals surface area contributed by atoms with Gasteiger partial charge in [0.05, 0.1) is 25.2 Å². The van der Waals surface area contributed by atoms with E-state index in [1.54, 1.807) is 54.0 Å². The molecule has 3 aromatic rings. The molecule has 3 rings (SSSR count). The van der Waals surface area contributed by atoms with E-state index in [0.717, 1.165) is 34.9 Å². The van der Waals surface area contributed by atoms with E-state index < -0.39 is 0 Å². The van der Waals surface area contributed by atoms with Gasteiger partial charge in [-0.2, -0.15) is 5.10 Å². The minimum atomic E-state index is -0.201. The Morgan fingerprint density at radius 2 is 1.94 bits per heavy atom. The first kappa shape index (κ1) is 23.6. The number of thioether (sulfide) groups is 1. The van der Waals surface area contributed by atoms with Gasteiger partial charge in [0.2, 0.25) is 0 Å². The topological polar surface area (TPSA) is 103 Å². The molecular weight excluding hydrogens is 428 g/mol. The molecule has 10 heteroatoms. The second-order valence-corrected chi connectivity index (χ2v) is 8.71. The van der Waals surface area contributed by atoms with Gasteiger partial charge in [-0.15, -0.1) is 0 Å². The molecule has 0 radical (unpaired) electrons. The number of nitrogens with one attached hydrogen (secondary N) is 2. The quantitative estimate of drug-likeness (QED) is 0.315. The average Bonchev–Trinajstić information content (AvgIpc) is 3.19. The molecule has 172 valence electrons. The lowest BCUT2D eigenvalue weighted by Gasteiger charge is -2.11. The lowest BCUT2D eigenvalue weighted by molar-refractivity contribution is -0.123. The molecule has 9 nitrogen and oxygen atoms in total. The summed E-state index contributed by atoms with van der Waals surface area (Å²) in [5.41, 5.74) is 0.755. The Kier molecular flexibility index (Phi) is 8.55. The lowest BCUT2D eigenvalue weighted by Crippen LogP contribution is -2.31. The zero-order valence-corrected chi connectivity index (χ0v) is 19.7. The van der Waals surface area contributed by atoms with Crippen molar-refractivity contribution >= 4 is 34.5 Å². The molecule has 0 bridgehead atoms. The van der Waals surface area contributed by atoms with Gasteiger partial charge in [-0.3, -0.25) is 4.79 Å². The van der Waals surface area contributed by atoms with Crippen molar-refractivity contribution in [2.24, 2.45) is 5.92 Å². The number of hydrogen-bond donors (Lipinski definition) is 2. The number of amides is 1. The molecule has 0 aliphatic heterocycles.